The molecule has 122 valence electrons. The SMILES string of the molecule is CCC(C)C1CCC(C(=O)CN2CCOCC2)C1(C)CC. The molecule has 2 aliphatic rings. The lowest BCUT2D eigenvalue weighted by Crippen LogP contribution is -2.44. The van der Waals surface area contributed by atoms with Crippen LogP contribution >= 0.6 is 0 Å². The number of ether oxygens (including phenoxy) is 1. The first-order chi connectivity index (χ1) is 10.0. The van der Waals surface area contributed by atoms with Crippen LogP contribution in [-0.4, -0.2) is 43.5 Å². The van der Waals surface area contributed by atoms with Crippen LogP contribution in [-0.2, 0) is 9.53 Å². The summed E-state index contributed by atoms with van der Waals surface area (Å²) in [6.07, 6.45) is 4.69. The Kier molecular flexibility index (Phi) is 5.84. The monoisotopic (exact) mass is 295 g/mol. The number of carbonyl (C=O) groups is 1. The highest BCUT2D eigenvalue weighted by Gasteiger charge is 2.49. The molecular formula is C18H33NO2. The topological polar surface area (TPSA) is 29.5 Å². The van der Waals surface area contributed by atoms with Crippen molar-refractivity contribution in [3.05, 3.63) is 0 Å². The average Bonchev–Trinajstić information content (AvgIpc) is 2.85. The molecule has 2 fully saturated rings. The zero-order valence-electron chi connectivity index (χ0n) is 14.4. The molecule has 4 atom stereocenters. The molecule has 0 spiro atoms. The van der Waals surface area contributed by atoms with Crippen molar-refractivity contribution in [2.24, 2.45) is 23.2 Å². The van der Waals surface area contributed by atoms with Crippen molar-refractivity contribution in [3.63, 3.8) is 0 Å². The van der Waals surface area contributed by atoms with Gasteiger partial charge in [-0.25, -0.2) is 0 Å². The fourth-order valence-electron chi connectivity index (χ4n) is 4.61. The van der Waals surface area contributed by atoms with Crippen molar-refractivity contribution in [1.29, 1.82) is 0 Å². The van der Waals surface area contributed by atoms with Gasteiger partial charge >= 0.3 is 0 Å². The number of carbonyl (C=O) groups excluding carboxylic acids is 1. The minimum atomic E-state index is 0.207. The fraction of sp³-hybridized carbons (Fsp3) is 0.944. The zero-order chi connectivity index (χ0) is 15.5. The minimum Gasteiger partial charge on any atom is -0.379 e. The lowest BCUT2D eigenvalue weighted by molar-refractivity contribution is -0.129. The number of morpholine rings is 1. The number of ketones is 1. The second-order valence-electron chi connectivity index (χ2n) is 7.34. The van der Waals surface area contributed by atoms with Gasteiger partial charge in [-0.2, -0.15) is 0 Å². The Morgan fingerprint density at radius 1 is 1.29 bits per heavy atom. The summed E-state index contributed by atoms with van der Waals surface area (Å²) in [5.74, 6) is 2.19. The highest BCUT2D eigenvalue weighted by atomic mass is 16.5. The first-order valence-electron chi connectivity index (χ1n) is 8.85. The predicted octanol–water partition coefficient (Wildman–Crippen LogP) is 3.38. The molecular weight excluding hydrogens is 262 g/mol. The van der Waals surface area contributed by atoms with E-state index in [4.69, 9.17) is 4.74 Å². The number of hydrogen-bond donors (Lipinski definition) is 0. The van der Waals surface area contributed by atoms with Crippen molar-refractivity contribution in [2.75, 3.05) is 32.8 Å². The van der Waals surface area contributed by atoms with E-state index in [-0.39, 0.29) is 11.3 Å². The van der Waals surface area contributed by atoms with Gasteiger partial charge in [-0.05, 0) is 36.5 Å². The van der Waals surface area contributed by atoms with Gasteiger partial charge in [0.1, 0.15) is 5.78 Å². The largest absolute Gasteiger partial charge is 0.379 e. The molecule has 0 aromatic carbocycles. The lowest BCUT2D eigenvalue weighted by Gasteiger charge is -2.39. The molecule has 0 bridgehead atoms. The highest BCUT2D eigenvalue weighted by molar-refractivity contribution is 5.84. The summed E-state index contributed by atoms with van der Waals surface area (Å²) >= 11 is 0. The number of Topliss-reactive ketones (excluding diaryl/α,β-unsaturated/α-hetero) is 1. The van der Waals surface area contributed by atoms with E-state index in [1.54, 1.807) is 0 Å². The smallest absolute Gasteiger partial charge is 0.150 e. The molecule has 1 saturated carbocycles. The highest BCUT2D eigenvalue weighted by Crippen LogP contribution is 2.53. The third-order valence-electron chi connectivity index (χ3n) is 6.37. The first kappa shape index (κ1) is 17.0. The summed E-state index contributed by atoms with van der Waals surface area (Å²) in [4.78, 5) is 15.1. The Morgan fingerprint density at radius 3 is 2.52 bits per heavy atom. The third kappa shape index (κ3) is 3.50. The van der Waals surface area contributed by atoms with E-state index in [9.17, 15) is 4.79 Å². The summed E-state index contributed by atoms with van der Waals surface area (Å²) in [6.45, 7) is 13.3. The molecule has 0 aromatic heterocycles. The first-order valence-corrected chi connectivity index (χ1v) is 8.85. The van der Waals surface area contributed by atoms with Gasteiger partial charge in [-0.3, -0.25) is 9.69 Å². The van der Waals surface area contributed by atoms with E-state index >= 15 is 0 Å². The quantitative estimate of drug-likeness (QED) is 0.752. The van der Waals surface area contributed by atoms with Crippen LogP contribution in [0.25, 0.3) is 0 Å². The van der Waals surface area contributed by atoms with Gasteiger partial charge in [0.05, 0.1) is 19.8 Å². The van der Waals surface area contributed by atoms with Gasteiger partial charge in [-0.1, -0.05) is 34.1 Å². The average molecular weight is 295 g/mol. The van der Waals surface area contributed by atoms with E-state index < -0.39 is 0 Å². The second kappa shape index (κ2) is 7.23. The number of nitrogens with zero attached hydrogens (tertiary/aromatic N) is 1. The molecule has 2 rings (SSSR count). The predicted molar refractivity (Wildman–Crippen MR) is 86.3 cm³/mol. The van der Waals surface area contributed by atoms with Crippen LogP contribution in [0.15, 0.2) is 0 Å². The van der Waals surface area contributed by atoms with E-state index in [1.807, 2.05) is 0 Å². The Balaban J connectivity index is 2.02. The molecule has 1 heterocycles. The molecule has 0 N–H and O–H groups in total. The van der Waals surface area contributed by atoms with E-state index in [0.29, 0.717) is 18.2 Å². The maximum absolute atomic E-state index is 12.9. The summed E-state index contributed by atoms with van der Waals surface area (Å²) in [5, 5.41) is 0. The summed E-state index contributed by atoms with van der Waals surface area (Å²) < 4.78 is 5.38. The van der Waals surface area contributed by atoms with Gasteiger partial charge < -0.3 is 4.74 Å². The zero-order valence-corrected chi connectivity index (χ0v) is 14.4. The van der Waals surface area contributed by atoms with Crippen LogP contribution in [0.2, 0.25) is 0 Å². The lowest BCUT2D eigenvalue weighted by atomic mass is 9.66. The summed E-state index contributed by atoms with van der Waals surface area (Å²) in [7, 11) is 0. The Hall–Kier alpha value is -0.410. The van der Waals surface area contributed by atoms with Crippen LogP contribution in [0.5, 0.6) is 0 Å². The summed E-state index contributed by atoms with van der Waals surface area (Å²) in [5.41, 5.74) is 0.207. The molecule has 1 aliphatic carbocycles. The molecule has 3 heteroatoms. The van der Waals surface area contributed by atoms with Crippen LogP contribution in [0.3, 0.4) is 0 Å². The maximum atomic E-state index is 12.9. The molecule has 3 nitrogen and oxygen atoms in total. The summed E-state index contributed by atoms with van der Waals surface area (Å²) in [6, 6.07) is 0. The minimum absolute atomic E-state index is 0.207. The maximum Gasteiger partial charge on any atom is 0.150 e. The van der Waals surface area contributed by atoms with Crippen LogP contribution in [0, 0.1) is 23.2 Å². The van der Waals surface area contributed by atoms with E-state index in [2.05, 4.69) is 32.6 Å². The Bertz CT molecular complexity index is 351. The van der Waals surface area contributed by atoms with Gasteiger partial charge in [-0.15, -0.1) is 0 Å². The standard InChI is InChI=1S/C18H33NO2/c1-5-14(3)15-7-8-16(18(15,4)6-2)17(20)13-19-9-11-21-12-10-19/h14-16H,5-13H2,1-4H3. The van der Waals surface area contributed by atoms with Crippen LogP contribution in [0.1, 0.15) is 53.4 Å². The second-order valence-corrected chi connectivity index (χ2v) is 7.34. The van der Waals surface area contributed by atoms with Crippen molar-refractivity contribution in [3.8, 4) is 0 Å². The van der Waals surface area contributed by atoms with E-state index in [0.717, 1.165) is 45.1 Å². The fourth-order valence-corrected chi connectivity index (χ4v) is 4.61. The molecule has 0 radical (unpaired) electrons. The molecule has 0 aromatic rings. The van der Waals surface area contributed by atoms with Gasteiger partial charge in [0.2, 0.25) is 0 Å². The van der Waals surface area contributed by atoms with Gasteiger partial charge in [0, 0.05) is 19.0 Å². The Labute approximate surface area is 130 Å². The molecule has 4 unspecified atom stereocenters. The van der Waals surface area contributed by atoms with Crippen molar-refractivity contribution in [1.82, 2.24) is 4.90 Å². The van der Waals surface area contributed by atoms with Crippen LogP contribution in [0.4, 0.5) is 0 Å². The third-order valence-corrected chi connectivity index (χ3v) is 6.37. The van der Waals surface area contributed by atoms with Crippen molar-refractivity contribution < 1.29 is 9.53 Å². The molecule has 1 saturated heterocycles. The van der Waals surface area contributed by atoms with Crippen molar-refractivity contribution in [2.45, 2.75) is 53.4 Å². The number of hydrogen-bond acceptors (Lipinski definition) is 3. The number of rotatable bonds is 6. The van der Waals surface area contributed by atoms with E-state index in [1.165, 1.54) is 12.8 Å². The van der Waals surface area contributed by atoms with Crippen molar-refractivity contribution >= 4 is 5.78 Å². The van der Waals surface area contributed by atoms with Gasteiger partial charge in [0.15, 0.2) is 0 Å². The van der Waals surface area contributed by atoms with Gasteiger partial charge in [0.25, 0.3) is 0 Å². The normalized spacial score (nSPS) is 35.8. The Morgan fingerprint density at radius 2 is 1.95 bits per heavy atom. The molecule has 0 amide bonds. The molecule has 1 aliphatic heterocycles. The molecule has 21 heavy (non-hydrogen) atoms. The van der Waals surface area contributed by atoms with Crippen LogP contribution < -0.4 is 0 Å².